The Hall–Kier alpha value is -3.76. The van der Waals surface area contributed by atoms with Gasteiger partial charge in [0, 0.05) is 30.7 Å². The van der Waals surface area contributed by atoms with Crippen LogP contribution in [0.3, 0.4) is 0 Å². The number of rotatable bonds is 8. The molecule has 184 valence electrons. The summed E-state index contributed by atoms with van der Waals surface area (Å²) in [6, 6.07) is 11.1. The minimum Gasteiger partial charge on any atom is -0.872 e. The number of nitro groups is 1. The van der Waals surface area contributed by atoms with Crippen molar-refractivity contribution in [3.63, 3.8) is 0 Å². The molecule has 10 heteroatoms. The number of quaternary nitrogens is 1. The monoisotopic (exact) mass is 481 g/mol. The number of likely N-dealkylation sites (tertiary alicyclic amines) is 1. The number of non-ortho nitro benzene ring substituents is 1. The Morgan fingerprint density at radius 2 is 1.89 bits per heavy atom. The van der Waals surface area contributed by atoms with E-state index in [9.17, 15) is 24.8 Å². The average molecular weight is 482 g/mol. The van der Waals surface area contributed by atoms with Crippen molar-refractivity contribution in [3.8, 4) is 5.75 Å². The Morgan fingerprint density at radius 3 is 2.54 bits per heavy atom. The maximum atomic E-state index is 13.5. The predicted molar refractivity (Wildman–Crippen MR) is 123 cm³/mol. The molecule has 2 aliphatic heterocycles. The fraction of sp³-hybridized carbons (Fsp3) is 0.360. The zero-order valence-corrected chi connectivity index (χ0v) is 19.4. The van der Waals surface area contributed by atoms with Crippen LogP contribution in [0.25, 0.3) is 5.76 Å². The molecule has 0 saturated carbocycles. The number of carbonyl (C=O) groups excluding carboxylic acids is 2. The molecule has 1 atom stereocenters. The Kier molecular flexibility index (Phi) is 7.42. The molecule has 2 aromatic carbocycles. The Balaban J connectivity index is 1.69. The van der Waals surface area contributed by atoms with E-state index in [-0.39, 0.29) is 23.4 Å². The molecule has 0 radical (unpaired) electrons. The number of hydrogen-bond acceptors (Lipinski definition) is 7. The maximum Gasteiger partial charge on any atom is 0.295 e. The molecule has 1 unspecified atom stereocenters. The van der Waals surface area contributed by atoms with Crippen molar-refractivity contribution in [1.82, 2.24) is 4.90 Å². The van der Waals surface area contributed by atoms with Gasteiger partial charge in [0.1, 0.15) is 18.8 Å². The molecule has 2 aromatic rings. The molecular formula is C25H27N3O7. The van der Waals surface area contributed by atoms with E-state index >= 15 is 0 Å². The van der Waals surface area contributed by atoms with E-state index < -0.39 is 28.4 Å². The Bertz CT molecular complexity index is 1140. The van der Waals surface area contributed by atoms with E-state index in [0.29, 0.717) is 30.9 Å². The van der Waals surface area contributed by atoms with Crippen LogP contribution < -0.4 is 14.7 Å². The highest BCUT2D eigenvalue weighted by Crippen LogP contribution is 2.39. The topological polar surface area (TPSA) is 126 Å². The van der Waals surface area contributed by atoms with Gasteiger partial charge < -0.3 is 24.4 Å². The summed E-state index contributed by atoms with van der Waals surface area (Å²) in [5, 5.41) is 24.6. The van der Waals surface area contributed by atoms with Crippen LogP contribution in [0.2, 0.25) is 0 Å². The Labute approximate surface area is 202 Å². The van der Waals surface area contributed by atoms with Gasteiger partial charge in [0.15, 0.2) is 0 Å². The highest BCUT2D eigenvalue weighted by atomic mass is 16.6. The number of ether oxygens (including phenoxy) is 2. The van der Waals surface area contributed by atoms with Gasteiger partial charge >= 0.3 is 0 Å². The maximum absolute atomic E-state index is 13.5. The quantitative estimate of drug-likeness (QED) is 0.187. The summed E-state index contributed by atoms with van der Waals surface area (Å²) in [6.45, 7) is 4.22. The number of nitro benzene ring substituents is 1. The number of nitrogens with zero attached hydrogens (tertiary/aromatic N) is 2. The minimum atomic E-state index is -0.922. The highest BCUT2D eigenvalue weighted by molar-refractivity contribution is 6.46. The highest BCUT2D eigenvalue weighted by Gasteiger charge is 2.44. The number of amides is 1. The normalized spacial score (nSPS) is 20.3. The molecule has 0 aromatic heterocycles. The lowest BCUT2D eigenvalue weighted by atomic mass is 9.95. The third-order valence-corrected chi connectivity index (χ3v) is 6.41. The van der Waals surface area contributed by atoms with Crippen LogP contribution >= 0.6 is 0 Å². The first-order chi connectivity index (χ1) is 16.9. The lowest BCUT2D eigenvalue weighted by Crippen LogP contribution is -3.14. The lowest BCUT2D eigenvalue weighted by molar-refractivity contribution is -0.908. The van der Waals surface area contributed by atoms with Crippen molar-refractivity contribution in [2.45, 2.75) is 12.5 Å². The number of methoxy groups -OCH3 is 1. The largest absolute Gasteiger partial charge is 0.872 e. The molecule has 0 spiro atoms. The number of nitrogens with one attached hydrogen (secondary N) is 1. The molecule has 2 fully saturated rings. The number of ketones is 1. The summed E-state index contributed by atoms with van der Waals surface area (Å²) in [7, 11) is 1.47. The fourth-order valence-electron chi connectivity index (χ4n) is 4.56. The summed E-state index contributed by atoms with van der Waals surface area (Å²) in [5.74, 6) is -1.70. The van der Waals surface area contributed by atoms with Gasteiger partial charge in [-0.25, -0.2) is 0 Å². The van der Waals surface area contributed by atoms with E-state index in [1.54, 1.807) is 18.2 Å². The van der Waals surface area contributed by atoms with Gasteiger partial charge in [0.2, 0.25) is 5.78 Å². The number of benzene rings is 2. The van der Waals surface area contributed by atoms with Gasteiger partial charge in [-0.3, -0.25) is 19.7 Å². The van der Waals surface area contributed by atoms with E-state index in [2.05, 4.69) is 0 Å². The van der Waals surface area contributed by atoms with Crippen LogP contribution in [-0.2, 0) is 14.3 Å². The molecule has 35 heavy (non-hydrogen) atoms. The van der Waals surface area contributed by atoms with Gasteiger partial charge in [-0.05, 0) is 35.4 Å². The first-order valence-corrected chi connectivity index (χ1v) is 11.5. The molecule has 0 bridgehead atoms. The molecule has 4 rings (SSSR count). The van der Waals surface area contributed by atoms with Crippen molar-refractivity contribution < 1.29 is 34.0 Å². The summed E-state index contributed by atoms with van der Waals surface area (Å²) < 4.78 is 10.6. The summed E-state index contributed by atoms with van der Waals surface area (Å²) in [4.78, 5) is 39.5. The Morgan fingerprint density at radius 1 is 1.17 bits per heavy atom. The third kappa shape index (κ3) is 5.18. The smallest absolute Gasteiger partial charge is 0.295 e. The molecule has 2 aliphatic rings. The standard InChI is InChI=1S/C25H27N3O7/c1-34-20-5-2-4-18(16-20)23(29)21-22(17-6-8-19(9-7-17)28(32)33)27(25(31)24(21)30)11-3-10-26-12-14-35-15-13-26/h2,4-9,16,22,29H,3,10-15H2,1H3. The third-order valence-electron chi connectivity index (χ3n) is 6.41. The van der Waals surface area contributed by atoms with Gasteiger partial charge in [-0.15, -0.1) is 0 Å². The number of Topliss-reactive ketones (excluding diaryl/α,β-unsaturated/α-hetero) is 1. The molecule has 10 nitrogen and oxygen atoms in total. The summed E-state index contributed by atoms with van der Waals surface area (Å²) in [6.07, 6.45) is 0.637. The zero-order valence-electron chi connectivity index (χ0n) is 19.4. The van der Waals surface area contributed by atoms with E-state index in [0.717, 1.165) is 19.6 Å². The van der Waals surface area contributed by atoms with Crippen LogP contribution in [0, 0.1) is 10.1 Å². The van der Waals surface area contributed by atoms with E-state index in [4.69, 9.17) is 9.47 Å². The van der Waals surface area contributed by atoms with Gasteiger partial charge in [0.25, 0.3) is 11.6 Å². The fourth-order valence-corrected chi connectivity index (χ4v) is 4.56. The number of carbonyl (C=O) groups is 2. The second-order valence-corrected chi connectivity index (χ2v) is 8.52. The van der Waals surface area contributed by atoms with Gasteiger partial charge in [0.05, 0.1) is 37.8 Å². The first kappa shape index (κ1) is 24.4. The molecule has 2 heterocycles. The van der Waals surface area contributed by atoms with Crippen molar-refractivity contribution >= 4 is 23.1 Å². The van der Waals surface area contributed by atoms with Crippen LogP contribution in [0.5, 0.6) is 5.75 Å². The predicted octanol–water partition coefficient (Wildman–Crippen LogP) is 0.133. The van der Waals surface area contributed by atoms with Crippen LogP contribution in [0.4, 0.5) is 5.69 Å². The van der Waals surface area contributed by atoms with Crippen molar-refractivity contribution in [2.75, 3.05) is 46.5 Å². The molecule has 1 N–H and O–H groups in total. The minimum absolute atomic E-state index is 0.118. The second-order valence-electron chi connectivity index (χ2n) is 8.52. The van der Waals surface area contributed by atoms with Crippen molar-refractivity contribution in [1.29, 1.82) is 0 Å². The van der Waals surface area contributed by atoms with E-state index in [1.165, 1.54) is 47.2 Å². The zero-order chi connectivity index (χ0) is 24.9. The van der Waals surface area contributed by atoms with E-state index in [1.807, 2.05) is 0 Å². The SMILES string of the molecule is COc1cccc(C([O-])=C2C(=O)C(=O)N(CCC[NH+]3CCOCC3)C2c2ccc([N+](=O)[O-])cc2)c1. The average Bonchev–Trinajstić information content (AvgIpc) is 3.14. The lowest BCUT2D eigenvalue weighted by Gasteiger charge is -2.29. The van der Waals surface area contributed by atoms with Crippen LogP contribution in [-0.4, -0.2) is 68.0 Å². The molecular weight excluding hydrogens is 454 g/mol. The molecule has 1 amide bonds. The van der Waals surface area contributed by atoms with Crippen molar-refractivity contribution in [3.05, 3.63) is 75.3 Å². The number of hydrogen-bond donors (Lipinski definition) is 1. The summed E-state index contributed by atoms with van der Waals surface area (Å²) >= 11 is 0. The molecule has 0 aliphatic carbocycles. The van der Waals surface area contributed by atoms with Crippen molar-refractivity contribution in [2.24, 2.45) is 0 Å². The van der Waals surface area contributed by atoms with Crippen LogP contribution in [0.15, 0.2) is 54.1 Å². The second kappa shape index (κ2) is 10.7. The van der Waals surface area contributed by atoms with Crippen LogP contribution in [0.1, 0.15) is 23.6 Å². The van der Waals surface area contributed by atoms with Gasteiger partial charge in [-0.1, -0.05) is 17.9 Å². The number of morpholine rings is 1. The van der Waals surface area contributed by atoms with Gasteiger partial charge in [-0.2, -0.15) is 0 Å². The summed E-state index contributed by atoms with van der Waals surface area (Å²) in [5.41, 5.74) is 0.426. The first-order valence-electron chi connectivity index (χ1n) is 11.5. The molecule has 2 saturated heterocycles.